The molecule has 0 saturated heterocycles. The van der Waals surface area contributed by atoms with Gasteiger partial charge < -0.3 is 9.47 Å². The van der Waals surface area contributed by atoms with Gasteiger partial charge in [0.15, 0.2) is 5.75 Å². The average molecular weight is 432 g/mol. The molecule has 0 radical (unpaired) electrons. The normalized spacial score (nSPS) is 11.0. The Morgan fingerprint density at radius 2 is 1.72 bits per heavy atom. The maximum absolute atomic E-state index is 12.9. The Balaban J connectivity index is 1.97. The van der Waals surface area contributed by atoms with E-state index in [9.17, 15) is 13.2 Å². The fraction of sp³-hybridized carbons (Fsp3) is 0.0952. The molecule has 0 spiro atoms. The van der Waals surface area contributed by atoms with Crippen molar-refractivity contribution in [3.63, 3.8) is 0 Å². The lowest BCUT2D eigenvalue weighted by Crippen LogP contribution is -2.15. The molecule has 0 aromatic heterocycles. The molecule has 0 amide bonds. The van der Waals surface area contributed by atoms with Gasteiger partial charge in [0, 0.05) is 5.02 Å². The second-order valence-electron chi connectivity index (χ2n) is 6.13. The van der Waals surface area contributed by atoms with Gasteiger partial charge in [-0.05, 0) is 55.0 Å². The van der Waals surface area contributed by atoms with Gasteiger partial charge in [-0.25, -0.2) is 13.2 Å². The van der Waals surface area contributed by atoms with Crippen molar-refractivity contribution in [3.05, 3.63) is 82.9 Å². The summed E-state index contributed by atoms with van der Waals surface area (Å²) in [5, 5.41) is 0.335. The summed E-state index contributed by atoms with van der Waals surface area (Å²) in [6.07, 6.45) is 0. The van der Waals surface area contributed by atoms with Gasteiger partial charge in [-0.2, -0.15) is 0 Å². The summed E-state index contributed by atoms with van der Waals surface area (Å²) < 4.78 is 38.8. The van der Waals surface area contributed by atoms with E-state index in [4.69, 9.17) is 21.1 Å². The summed E-state index contributed by atoms with van der Waals surface area (Å²) in [5.41, 5.74) is 0.940. The predicted molar refractivity (Wildman–Crippen MR) is 111 cm³/mol. The molecule has 0 atom stereocenters. The molecular weight excluding hydrogens is 414 g/mol. The maximum Gasteiger partial charge on any atom is 0.338 e. The minimum atomic E-state index is -4.02. The first-order valence-corrected chi connectivity index (χ1v) is 10.4. The Hall–Kier alpha value is -3.03. The summed E-state index contributed by atoms with van der Waals surface area (Å²) in [7, 11) is -2.79. The number of para-hydroxylation sites is 1. The number of benzene rings is 3. The molecule has 1 N–H and O–H groups in total. The fourth-order valence-corrected chi connectivity index (χ4v) is 3.85. The van der Waals surface area contributed by atoms with Gasteiger partial charge in [0.1, 0.15) is 5.75 Å². The number of ether oxygens (including phenoxy) is 2. The van der Waals surface area contributed by atoms with Gasteiger partial charge >= 0.3 is 5.97 Å². The average Bonchev–Trinajstić information content (AvgIpc) is 2.70. The summed E-state index contributed by atoms with van der Waals surface area (Å²) in [6.45, 7) is 1.69. The van der Waals surface area contributed by atoms with E-state index in [0.29, 0.717) is 16.3 Å². The zero-order chi connectivity index (χ0) is 21.0. The molecule has 0 saturated carbocycles. The summed E-state index contributed by atoms with van der Waals surface area (Å²) in [6, 6.07) is 17.8. The zero-order valence-corrected chi connectivity index (χ0v) is 17.3. The molecular formula is C21H18ClNO5S. The van der Waals surface area contributed by atoms with Crippen LogP contribution in [0.25, 0.3) is 0 Å². The first kappa shape index (κ1) is 20.7. The number of esters is 1. The summed E-state index contributed by atoms with van der Waals surface area (Å²) in [5.74, 6) is 0.207. The Bertz CT molecular complexity index is 1150. The van der Waals surface area contributed by atoms with Crippen molar-refractivity contribution >= 4 is 33.3 Å². The SMILES string of the molecule is COC(=O)c1cc(S(=O)(=O)Nc2cc(Cl)ccc2Oc2ccccc2)ccc1C. The molecule has 0 unspecified atom stereocenters. The van der Waals surface area contributed by atoms with E-state index < -0.39 is 16.0 Å². The molecule has 0 aliphatic heterocycles. The number of anilines is 1. The third kappa shape index (κ3) is 4.88. The molecule has 150 valence electrons. The maximum atomic E-state index is 12.9. The second kappa shape index (κ2) is 8.55. The van der Waals surface area contributed by atoms with E-state index in [1.807, 2.05) is 6.07 Å². The van der Waals surface area contributed by atoms with Gasteiger partial charge in [0.05, 0.1) is 23.3 Å². The van der Waals surface area contributed by atoms with Crippen LogP contribution in [-0.2, 0) is 14.8 Å². The Kier molecular flexibility index (Phi) is 6.10. The lowest BCUT2D eigenvalue weighted by molar-refractivity contribution is 0.0599. The molecule has 3 rings (SSSR count). The van der Waals surface area contributed by atoms with Crippen molar-refractivity contribution in [1.29, 1.82) is 0 Å². The van der Waals surface area contributed by atoms with Gasteiger partial charge in [0.25, 0.3) is 10.0 Å². The van der Waals surface area contributed by atoms with E-state index in [2.05, 4.69) is 4.72 Å². The van der Waals surface area contributed by atoms with Crippen LogP contribution in [0.1, 0.15) is 15.9 Å². The molecule has 6 nitrogen and oxygen atoms in total. The quantitative estimate of drug-likeness (QED) is 0.553. The molecule has 8 heteroatoms. The van der Waals surface area contributed by atoms with Crippen LogP contribution in [0.5, 0.6) is 11.5 Å². The van der Waals surface area contributed by atoms with Crippen molar-refractivity contribution in [2.24, 2.45) is 0 Å². The smallest absolute Gasteiger partial charge is 0.338 e. The number of rotatable bonds is 6. The van der Waals surface area contributed by atoms with E-state index in [-0.39, 0.29) is 21.9 Å². The largest absolute Gasteiger partial charge is 0.465 e. The Labute approximate surface area is 174 Å². The number of sulfonamides is 1. The van der Waals surface area contributed by atoms with Gasteiger partial charge in [-0.1, -0.05) is 35.9 Å². The minimum absolute atomic E-state index is 0.0888. The first-order chi connectivity index (χ1) is 13.8. The van der Waals surface area contributed by atoms with Crippen molar-refractivity contribution in [2.75, 3.05) is 11.8 Å². The number of aryl methyl sites for hydroxylation is 1. The third-order valence-corrected chi connectivity index (χ3v) is 5.68. The van der Waals surface area contributed by atoms with Crippen LogP contribution in [-0.4, -0.2) is 21.5 Å². The minimum Gasteiger partial charge on any atom is -0.465 e. The highest BCUT2D eigenvalue weighted by molar-refractivity contribution is 7.92. The Morgan fingerprint density at radius 3 is 2.41 bits per heavy atom. The zero-order valence-electron chi connectivity index (χ0n) is 15.7. The van der Waals surface area contributed by atoms with Crippen molar-refractivity contribution in [3.8, 4) is 11.5 Å². The molecule has 29 heavy (non-hydrogen) atoms. The highest BCUT2D eigenvalue weighted by atomic mass is 35.5. The van der Waals surface area contributed by atoms with Crippen LogP contribution in [0.2, 0.25) is 5.02 Å². The number of halogens is 1. The fourth-order valence-electron chi connectivity index (χ4n) is 2.59. The molecule has 0 heterocycles. The van der Waals surface area contributed by atoms with Crippen molar-refractivity contribution in [2.45, 2.75) is 11.8 Å². The molecule has 3 aromatic rings. The van der Waals surface area contributed by atoms with Gasteiger partial charge in [-0.15, -0.1) is 0 Å². The van der Waals surface area contributed by atoms with E-state index in [1.54, 1.807) is 49.4 Å². The van der Waals surface area contributed by atoms with E-state index in [0.717, 1.165) is 0 Å². The third-order valence-electron chi connectivity index (χ3n) is 4.08. The molecule has 0 aliphatic carbocycles. The van der Waals surface area contributed by atoms with Crippen LogP contribution < -0.4 is 9.46 Å². The van der Waals surface area contributed by atoms with Crippen LogP contribution in [0.3, 0.4) is 0 Å². The number of carbonyl (C=O) groups is 1. The number of methoxy groups -OCH3 is 1. The lowest BCUT2D eigenvalue weighted by atomic mass is 10.1. The first-order valence-electron chi connectivity index (χ1n) is 8.54. The number of nitrogens with one attached hydrogen (secondary N) is 1. The van der Waals surface area contributed by atoms with Crippen molar-refractivity contribution < 1.29 is 22.7 Å². The van der Waals surface area contributed by atoms with E-state index in [1.165, 1.54) is 25.3 Å². The predicted octanol–water partition coefficient (Wildman–Crippen LogP) is 5.03. The van der Waals surface area contributed by atoms with Crippen LogP contribution >= 0.6 is 11.6 Å². The number of hydrogen-bond acceptors (Lipinski definition) is 5. The standard InChI is InChI=1S/C21H18ClNO5S/c1-14-8-10-17(13-18(14)21(24)27-2)29(25,26)23-19-12-15(22)9-11-20(19)28-16-6-4-3-5-7-16/h3-13,23H,1-2H3. The topological polar surface area (TPSA) is 81.7 Å². The Morgan fingerprint density at radius 1 is 1.00 bits per heavy atom. The van der Waals surface area contributed by atoms with Crippen molar-refractivity contribution in [1.82, 2.24) is 0 Å². The summed E-state index contributed by atoms with van der Waals surface area (Å²) in [4.78, 5) is 11.8. The van der Waals surface area contributed by atoms with Crippen LogP contribution in [0, 0.1) is 6.92 Å². The number of hydrogen-bond donors (Lipinski definition) is 1. The monoisotopic (exact) mass is 431 g/mol. The van der Waals surface area contributed by atoms with Gasteiger partial charge in [0.2, 0.25) is 0 Å². The lowest BCUT2D eigenvalue weighted by Gasteiger charge is -2.15. The molecule has 0 bridgehead atoms. The molecule has 0 aliphatic rings. The van der Waals surface area contributed by atoms with Crippen LogP contribution in [0.15, 0.2) is 71.6 Å². The van der Waals surface area contributed by atoms with E-state index >= 15 is 0 Å². The second-order valence-corrected chi connectivity index (χ2v) is 8.25. The summed E-state index contributed by atoms with van der Waals surface area (Å²) >= 11 is 6.05. The number of carbonyl (C=O) groups excluding carboxylic acids is 1. The van der Waals surface area contributed by atoms with Gasteiger partial charge in [-0.3, -0.25) is 4.72 Å². The molecule has 0 fully saturated rings. The molecule has 3 aromatic carbocycles. The highest BCUT2D eigenvalue weighted by Gasteiger charge is 2.20. The highest BCUT2D eigenvalue weighted by Crippen LogP contribution is 2.33. The van der Waals surface area contributed by atoms with Crippen LogP contribution in [0.4, 0.5) is 5.69 Å².